The van der Waals surface area contributed by atoms with Crippen molar-refractivity contribution < 1.29 is 0 Å². The van der Waals surface area contributed by atoms with Gasteiger partial charge in [0.2, 0.25) is 0 Å². The summed E-state index contributed by atoms with van der Waals surface area (Å²) in [5.41, 5.74) is 10.2. The maximum Gasteiger partial charge on any atom is 0.140 e. The average Bonchev–Trinajstić information content (AvgIpc) is 2.77. The van der Waals surface area contributed by atoms with Crippen LogP contribution in [0.3, 0.4) is 0 Å². The Bertz CT molecular complexity index is 699. The van der Waals surface area contributed by atoms with Gasteiger partial charge in [-0.2, -0.15) is 0 Å². The minimum Gasteiger partial charge on any atom is -0.330 e. The summed E-state index contributed by atoms with van der Waals surface area (Å²) in [5.74, 6) is 1.00. The molecule has 2 N–H and O–H groups in total. The van der Waals surface area contributed by atoms with Gasteiger partial charge in [0, 0.05) is 12.6 Å². The number of nitrogens with zero attached hydrogens (tertiary/aromatic N) is 2. The third-order valence-electron chi connectivity index (χ3n) is 3.41. The fourth-order valence-electron chi connectivity index (χ4n) is 2.41. The van der Waals surface area contributed by atoms with Crippen molar-refractivity contribution in [3.8, 4) is 11.4 Å². The molecule has 0 radical (unpaired) electrons. The molecule has 0 aliphatic rings. The molecule has 0 aliphatic heterocycles. The summed E-state index contributed by atoms with van der Waals surface area (Å²) in [4.78, 5) is 4.75. The molecule has 0 bridgehead atoms. The Kier molecular flexibility index (Phi) is 3.05. The minimum absolute atomic E-state index is 0.671. The van der Waals surface area contributed by atoms with E-state index in [0.29, 0.717) is 6.54 Å². The van der Waals surface area contributed by atoms with Crippen LogP contribution < -0.4 is 5.73 Å². The molecule has 0 unspecified atom stereocenters. The summed E-state index contributed by atoms with van der Waals surface area (Å²) in [6.07, 6.45) is 0.896. The van der Waals surface area contributed by atoms with Crippen LogP contribution >= 0.6 is 0 Å². The summed E-state index contributed by atoms with van der Waals surface area (Å²) in [5, 5.41) is 0. The van der Waals surface area contributed by atoms with Gasteiger partial charge in [0.1, 0.15) is 5.82 Å². The van der Waals surface area contributed by atoms with E-state index in [1.54, 1.807) is 0 Å². The normalized spacial score (nSPS) is 11.1. The van der Waals surface area contributed by atoms with Crippen molar-refractivity contribution >= 4 is 11.0 Å². The number of rotatable bonds is 3. The van der Waals surface area contributed by atoms with Gasteiger partial charge in [-0.15, -0.1) is 0 Å². The number of nitrogens with two attached hydrogens (primary N) is 1. The van der Waals surface area contributed by atoms with Gasteiger partial charge < -0.3 is 10.3 Å². The van der Waals surface area contributed by atoms with Gasteiger partial charge >= 0.3 is 0 Å². The van der Waals surface area contributed by atoms with E-state index in [-0.39, 0.29) is 0 Å². The zero-order valence-corrected chi connectivity index (χ0v) is 11.0. The van der Waals surface area contributed by atoms with Crippen molar-refractivity contribution in [2.45, 2.75) is 6.42 Å². The summed E-state index contributed by atoms with van der Waals surface area (Å²) in [6, 6.07) is 16.7. The molecule has 0 atom stereocenters. The number of benzene rings is 2. The topological polar surface area (TPSA) is 43.8 Å². The SMILES string of the molecule is Cn1c(-c2ccccc2)nc2cc(CCN)ccc21. The number of imidazole rings is 1. The van der Waals surface area contributed by atoms with Gasteiger partial charge in [-0.05, 0) is 30.7 Å². The van der Waals surface area contributed by atoms with E-state index < -0.39 is 0 Å². The van der Waals surface area contributed by atoms with E-state index in [4.69, 9.17) is 10.7 Å². The quantitative estimate of drug-likeness (QED) is 0.778. The summed E-state index contributed by atoms with van der Waals surface area (Å²) < 4.78 is 2.14. The molecule has 3 rings (SSSR count). The Morgan fingerprint density at radius 3 is 2.63 bits per heavy atom. The first-order chi connectivity index (χ1) is 9.29. The van der Waals surface area contributed by atoms with Crippen molar-refractivity contribution in [3.63, 3.8) is 0 Å². The molecule has 3 nitrogen and oxygen atoms in total. The second-order valence-electron chi connectivity index (χ2n) is 4.72. The lowest BCUT2D eigenvalue weighted by Crippen LogP contribution is -2.02. The van der Waals surface area contributed by atoms with E-state index in [9.17, 15) is 0 Å². The zero-order valence-electron chi connectivity index (χ0n) is 11.0. The molecule has 96 valence electrons. The molecule has 0 amide bonds. The molecule has 0 aliphatic carbocycles. The van der Waals surface area contributed by atoms with Gasteiger partial charge in [0.25, 0.3) is 0 Å². The molecule has 2 aromatic carbocycles. The smallest absolute Gasteiger partial charge is 0.140 e. The average molecular weight is 251 g/mol. The standard InChI is InChI=1S/C16H17N3/c1-19-15-8-7-12(9-10-17)11-14(15)18-16(19)13-5-3-2-4-6-13/h2-8,11H,9-10,17H2,1H3. The first kappa shape index (κ1) is 11.9. The van der Waals surface area contributed by atoms with Crippen LogP contribution in [0.1, 0.15) is 5.56 Å². The van der Waals surface area contributed by atoms with Gasteiger partial charge in [-0.1, -0.05) is 36.4 Å². The van der Waals surface area contributed by atoms with E-state index in [1.807, 2.05) is 18.2 Å². The van der Waals surface area contributed by atoms with Crippen LogP contribution in [0.25, 0.3) is 22.4 Å². The Morgan fingerprint density at radius 1 is 1.11 bits per heavy atom. The highest BCUT2D eigenvalue weighted by Crippen LogP contribution is 2.24. The van der Waals surface area contributed by atoms with E-state index in [1.165, 1.54) is 5.56 Å². The third-order valence-corrected chi connectivity index (χ3v) is 3.41. The highest BCUT2D eigenvalue weighted by molar-refractivity contribution is 5.81. The van der Waals surface area contributed by atoms with Crippen LogP contribution in [0.5, 0.6) is 0 Å². The Hall–Kier alpha value is -2.13. The van der Waals surface area contributed by atoms with Crippen LogP contribution in [0.15, 0.2) is 48.5 Å². The summed E-state index contributed by atoms with van der Waals surface area (Å²) in [6.45, 7) is 0.671. The number of hydrogen-bond acceptors (Lipinski definition) is 2. The second kappa shape index (κ2) is 4.86. The van der Waals surface area contributed by atoms with Crippen molar-refractivity contribution in [2.24, 2.45) is 12.8 Å². The molecule has 1 aromatic heterocycles. The van der Waals surface area contributed by atoms with Crippen molar-refractivity contribution in [3.05, 3.63) is 54.1 Å². The van der Waals surface area contributed by atoms with Crippen LogP contribution in [0.2, 0.25) is 0 Å². The molecule has 1 heterocycles. The highest BCUT2D eigenvalue weighted by Gasteiger charge is 2.09. The maximum absolute atomic E-state index is 5.61. The van der Waals surface area contributed by atoms with E-state index in [0.717, 1.165) is 28.8 Å². The van der Waals surface area contributed by atoms with Crippen LogP contribution in [-0.4, -0.2) is 16.1 Å². The minimum atomic E-state index is 0.671. The van der Waals surface area contributed by atoms with Gasteiger partial charge in [-0.25, -0.2) is 4.98 Å². The molecular weight excluding hydrogens is 234 g/mol. The lowest BCUT2D eigenvalue weighted by Gasteiger charge is -2.02. The maximum atomic E-state index is 5.61. The summed E-state index contributed by atoms with van der Waals surface area (Å²) >= 11 is 0. The van der Waals surface area contributed by atoms with Crippen LogP contribution in [0, 0.1) is 0 Å². The Labute approximate surface area is 112 Å². The molecule has 19 heavy (non-hydrogen) atoms. The van der Waals surface area contributed by atoms with Gasteiger partial charge in [0.15, 0.2) is 0 Å². The van der Waals surface area contributed by atoms with Crippen LogP contribution in [0.4, 0.5) is 0 Å². The third kappa shape index (κ3) is 2.13. The predicted octanol–water partition coefficient (Wildman–Crippen LogP) is 2.74. The lowest BCUT2D eigenvalue weighted by atomic mass is 10.1. The fourth-order valence-corrected chi connectivity index (χ4v) is 2.41. The monoisotopic (exact) mass is 251 g/mol. The Morgan fingerprint density at radius 2 is 1.89 bits per heavy atom. The molecule has 0 fully saturated rings. The Balaban J connectivity index is 2.14. The van der Waals surface area contributed by atoms with Crippen molar-refractivity contribution in [1.82, 2.24) is 9.55 Å². The number of hydrogen-bond donors (Lipinski definition) is 1. The molecule has 3 heteroatoms. The van der Waals surface area contributed by atoms with Crippen molar-refractivity contribution in [1.29, 1.82) is 0 Å². The molecule has 0 spiro atoms. The number of aromatic nitrogens is 2. The number of aryl methyl sites for hydroxylation is 1. The van der Waals surface area contributed by atoms with Crippen molar-refractivity contribution in [2.75, 3.05) is 6.54 Å². The molecule has 3 aromatic rings. The molecule has 0 saturated carbocycles. The first-order valence-electron chi connectivity index (χ1n) is 6.50. The lowest BCUT2D eigenvalue weighted by molar-refractivity contribution is 0.956. The largest absolute Gasteiger partial charge is 0.330 e. The van der Waals surface area contributed by atoms with Gasteiger partial charge in [-0.3, -0.25) is 0 Å². The van der Waals surface area contributed by atoms with Crippen LogP contribution in [-0.2, 0) is 13.5 Å². The van der Waals surface area contributed by atoms with Gasteiger partial charge in [0.05, 0.1) is 11.0 Å². The second-order valence-corrected chi connectivity index (χ2v) is 4.72. The fraction of sp³-hybridized carbons (Fsp3) is 0.188. The number of fused-ring (bicyclic) bond motifs is 1. The molecule has 0 saturated heterocycles. The van der Waals surface area contributed by atoms with E-state index >= 15 is 0 Å². The zero-order chi connectivity index (χ0) is 13.2. The predicted molar refractivity (Wildman–Crippen MR) is 78.9 cm³/mol. The first-order valence-corrected chi connectivity index (χ1v) is 6.50. The molecular formula is C16H17N3. The summed E-state index contributed by atoms with van der Waals surface area (Å²) in [7, 11) is 2.06. The highest BCUT2D eigenvalue weighted by atomic mass is 15.1. The van der Waals surface area contributed by atoms with E-state index in [2.05, 4.69) is 41.9 Å².